The maximum Gasteiger partial charge on any atom is 0.241 e. The SMILES string of the molecule is Cc1cc(N)ccc1NC(=O)C(C)N1CCNC(=O)C1. The molecule has 0 bridgehead atoms. The van der Waals surface area contributed by atoms with Crippen LogP contribution in [0.15, 0.2) is 18.2 Å². The first-order chi connectivity index (χ1) is 9.47. The molecule has 6 nitrogen and oxygen atoms in total. The van der Waals surface area contributed by atoms with E-state index in [2.05, 4.69) is 10.6 Å². The van der Waals surface area contributed by atoms with Crippen LogP contribution in [0.1, 0.15) is 12.5 Å². The van der Waals surface area contributed by atoms with Gasteiger partial charge in [0.1, 0.15) is 0 Å². The van der Waals surface area contributed by atoms with Crippen LogP contribution in [-0.2, 0) is 9.59 Å². The third-order valence-corrected chi connectivity index (χ3v) is 3.50. The van der Waals surface area contributed by atoms with Crippen molar-refractivity contribution in [2.24, 2.45) is 0 Å². The minimum absolute atomic E-state index is 0.0421. The lowest BCUT2D eigenvalue weighted by atomic mass is 10.1. The summed E-state index contributed by atoms with van der Waals surface area (Å²) in [5, 5.41) is 5.63. The van der Waals surface area contributed by atoms with Gasteiger partial charge in [-0.15, -0.1) is 0 Å². The zero-order chi connectivity index (χ0) is 14.7. The predicted molar refractivity (Wildman–Crippen MR) is 78.3 cm³/mol. The number of rotatable bonds is 3. The molecule has 1 aromatic carbocycles. The fourth-order valence-corrected chi connectivity index (χ4v) is 2.22. The van der Waals surface area contributed by atoms with E-state index >= 15 is 0 Å². The van der Waals surface area contributed by atoms with Gasteiger partial charge in [-0.2, -0.15) is 0 Å². The van der Waals surface area contributed by atoms with Crippen molar-refractivity contribution in [1.82, 2.24) is 10.2 Å². The molecule has 1 heterocycles. The number of nitrogen functional groups attached to an aromatic ring is 1. The minimum atomic E-state index is -0.349. The summed E-state index contributed by atoms with van der Waals surface area (Å²) in [7, 11) is 0. The van der Waals surface area contributed by atoms with Gasteiger partial charge >= 0.3 is 0 Å². The average Bonchev–Trinajstić information content (AvgIpc) is 2.41. The van der Waals surface area contributed by atoms with Crippen molar-refractivity contribution in [3.8, 4) is 0 Å². The van der Waals surface area contributed by atoms with Gasteiger partial charge in [0, 0.05) is 24.5 Å². The molecule has 4 N–H and O–H groups in total. The summed E-state index contributed by atoms with van der Waals surface area (Å²) in [5.74, 6) is -0.160. The van der Waals surface area contributed by atoms with Crippen LogP contribution in [0.4, 0.5) is 11.4 Å². The van der Waals surface area contributed by atoms with Crippen molar-refractivity contribution < 1.29 is 9.59 Å². The third kappa shape index (κ3) is 3.27. The van der Waals surface area contributed by atoms with Crippen LogP contribution in [-0.4, -0.2) is 42.4 Å². The number of hydrogen-bond acceptors (Lipinski definition) is 4. The Morgan fingerprint density at radius 3 is 2.90 bits per heavy atom. The fourth-order valence-electron chi connectivity index (χ4n) is 2.22. The molecule has 0 radical (unpaired) electrons. The first kappa shape index (κ1) is 14.3. The lowest BCUT2D eigenvalue weighted by Crippen LogP contribution is -2.53. The number of carbonyl (C=O) groups excluding carboxylic acids is 2. The molecule has 1 unspecified atom stereocenters. The highest BCUT2D eigenvalue weighted by Gasteiger charge is 2.26. The topological polar surface area (TPSA) is 87.5 Å². The normalized spacial score (nSPS) is 17.4. The maximum atomic E-state index is 12.2. The van der Waals surface area contributed by atoms with Crippen molar-refractivity contribution in [2.45, 2.75) is 19.9 Å². The number of piperazine rings is 1. The number of nitrogens with one attached hydrogen (secondary N) is 2. The van der Waals surface area contributed by atoms with Crippen LogP contribution >= 0.6 is 0 Å². The summed E-state index contributed by atoms with van der Waals surface area (Å²) in [6.45, 7) is 5.22. The summed E-state index contributed by atoms with van der Waals surface area (Å²) in [6.07, 6.45) is 0. The molecule has 6 heteroatoms. The number of amides is 2. The van der Waals surface area contributed by atoms with Gasteiger partial charge in [-0.3, -0.25) is 14.5 Å². The van der Waals surface area contributed by atoms with E-state index in [1.807, 2.05) is 17.9 Å². The van der Waals surface area contributed by atoms with E-state index in [-0.39, 0.29) is 24.4 Å². The maximum absolute atomic E-state index is 12.2. The zero-order valence-electron chi connectivity index (χ0n) is 11.8. The lowest BCUT2D eigenvalue weighted by Gasteiger charge is -2.31. The van der Waals surface area contributed by atoms with Gasteiger partial charge in [0.15, 0.2) is 0 Å². The molecule has 2 rings (SSSR count). The van der Waals surface area contributed by atoms with E-state index in [0.29, 0.717) is 18.8 Å². The fraction of sp³-hybridized carbons (Fsp3) is 0.429. The van der Waals surface area contributed by atoms with Crippen LogP contribution in [0.2, 0.25) is 0 Å². The molecule has 0 spiro atoms. The van der Waals surface area contributed by atoms with Crippen LogP contribution in [0, 0.1) is 6.92 Å². The largest absolute Gasteiger partial charge is 0.399 e. The van der Waals surface area contributed by atoms with E-state index in [4.69, 9.17) is 5.73 Å². The second-order valence-electron chi connectivity index (χ2n) is 5.06. The Morgan fingerprint density at radius 1 is 1.50 bits per heavy atom. The summed E-state index contributed by atoms with van der Waals surface area (Å²) in [6, 6.07) is 5.01. The number of nitrogens with two attached hydrogens (primary N) is 1. The van der Waals surface area contributed by atoms with Gasteiger partial charge in [0.2, 0.25) is 11.8 Å². The number of benzene rings is 1. The summed E-state index contributed by atoms with van der Waals surface area (Å²) >= 11 is 0. The van der Waals surface area contributed by atoms with E-state index < -0.39 is 0 Å². The third-order valence-electron chi connectivity index (χ3n) is 3.50. The summed E-state index contributed by atoms with van der Waals surface area (Å²) in [5.41, 5.74) is 8.02. The van der Waals surface area contributed by atoms with Crippen LogP contribution < -0.4 is 16.4 Å². The molecule has 1 saturated heterocycles. The van der Waals surface area contributed by atoms with Gasteiger partial charge in [-0.1, -0.05) is 0 Å². The highest BCUT2D eigenvalue weighted by Crippen LogP contribution is 2.18. The quantitative estimate of drug-likeness (QED) is 0.695. The Morgan fingerprint density at radius 2 is 2.25 bits per heavy atom. The van der Waals surface area contributed by atoms with Gasteiger partial charge in [-0.05, 0) is 37.6 Å². The van der Waals surface area contributed by atoms with Crippen molar-refractivity contribution in [3.63, 3.8) is 0 Å². The molecule has 0 aliphatic carbocycles. The van der Waals surface area contributed by atoms with Crippen LogP contribution in [0.25, 0.3) is 0 Å². The van der Waals surface area contributed by atoms with Gasteiger partial charge in [0.05, 0.1) is 12.6 Å². The second-order valence-corrected chi connectivity index (χ2v) is 5.06. The lowest BCUT2D eigenvalue weighted by molar-refractivity contribution is -0.127. The molecule has 108 valence electrons. The second kappa shape index (κ2) is 5.92. The summed E-state index contributed by atoms with van der Waals surface area (Å²) < 4.78 is 0. The molecular formula is C14H20N4O2. The van der Waals surface area contributed by atoms with Crippen molar-refractivity contribution >= 4 is 23.2 Å². The number of hydrogen-bond donors (Lipinski definition) is 3. The van der Waals surface area contributed by atoms with E-state index in [9.17, 15) is 9.59 Å². The highest BCUT2D eigenvalue weighted by molar-refractivity contribution is 5.95. The molecule has 2 amide bonds. The standard InChI is InChI=1S/C14H20N4O2/c1-9-7-11(15)3-4-12(9)17-14(20)10(2)18-6-5-16-13(19)8-18/h3-4,7,10H,5-6,8,15H2,1-2H3,(H,16,19)(H,17,20). The Kier molecular flexibility index (Phi) is 4.24. The Labute approximate surface area is 118 Å². The van der Waals surface area contributed by atoms with Crippen molar-refractivity contribution in [1.29, 1.82) is 0 Å². The number of nitrogens with zero attached hydrogens (tertiary/aromatic N) is 1. The predicted octanol–water partition coefficient (Wildman–Crippen LogP) is 0.336. The number of aryl methyl sites for hydroxylation is 1. The monoisotopic (exact) mass is 276 g/mol. The first-order valence-corrected chi connectivity index (χ1v) is 6.65. The van der Waals surface area contributed by atoms with Crippen LogP contribution in [0.5, 0.6) is 0 Å². The molecule has 1 aliphatic rings. The number of anilines is 2. The van der Waals surface area contributed by atoms with E-state index in [0.717, 1.165) is 11.3 Å². The van der Waals surface area contributed by atoms with E-state index in [1.165, 1.54) is 0 Å². The van der Waals surface area contributed by atoms with Gasteiger partial charge < -0.3 is 16.4 Å². The molecule has 1 aliphatic heterocycles. The van der Waals surface area contributed by atoms with Gasteiger partial charge in [0.25, 0.3) is 0 Å². The first-order valence-electron chi connectivity index (χ1n) is 6.65. The molecule has 1 fully saturated rings. The smallest absolute Gasteiger partial charge is 0.241 e. The Balaban J connectivity index is 2.01. The number of carbonyl (C=O) groups is 2. The Hall–Kier alpha value is -2.08. The molecule has 0 saturated carbocycles. The zero-order valence-corrected chi connectivity index (χ0v) is 11.8. The summed E-state index contributed by atoms with van der Waals surface area (Å²) in [4.78, 5) is 25.5. The average molecular weight is 276 g/mol. The van der Waals surface area contributed by atoms with Crippen LogP contribution in [0.3, 0.4) is 0 Å². The molecule has 1 atom stereocenters. The molecule has 1 aromatic rings. The molecule has 0 aromatic heterocycles. The highest BCUT2D eigenvalue weighted by atomic mass is 16.2. The van der Waals surface area contributed by atoms with Gasteiger partial charge in [-0.25, -0.2) is 0 Å². The Bertz CT molecular complexity index is 530. The molecule has 20 heavy (non-hydrogen) atoms. The van der Waals surface area contributed by atoms with Crippen molar-refractivity contribution in [3.05, 3.63) is 23.8 Å². The van der Waals surface area contributed by atoms with Crippen molar-refractivity contribution in [2.75, 3.05) is 30.7 Å². The molecular weight excluding hydrogens is 256 g/mol. The minimum Gasteiger partial charge on any atom is -0.399 e. The van der Waals surface area contributed by atoms with E-state index in [1.54, 1.807) is 19.1 Å².